The Morgan fingerprint density at radius 3 is 2.82 bits per heavy atom. The number of carboxylic acids is 1. The molecule has 0 saturated heterocycles. The van der Waals surface area contributed by atoms with Crippen LogP contribution in [0, 0.1) is 10.1 Å². The SMILES string of the molecule is O=C(O)c1c(C2=NCCN2)cccc1[N+](=O)[O-]. The Kier molecular flexibility index (Phi) is 2.73. The highest BCUT2D eigenvalue weighted by molar-refractivity contribution is 6.10. The van der Waals surface area contributed by atoms with E-state index in [9.17, 15) is 14.9 Å². The number of benzene rings is 1. The first kappa shape index (κ1) is 11.1. The minimum atomic E-state index is -1.33. The van der Waals surface area contributed by atoms with Gasteiger partial charge in [-0.05, 0) is 6.07 Å². The van der Waals surface area contributed by atoms with Gasteiger partial charge in [-0.25, -0.2) is 4.79 Å². The molecule has 17 heavy (non-hydrogen) atoms. The van der Waals surface area contributed by atoms with Gasteiger partial charge in [-0.15, -0.1) is 0 Å². The lowest BCUT2D eigenvalue weighted by Gasteiger charge is -2.06. The maximum absolute atomic E-state index is 11.1. The fourth-order valence-electron chi connectivity index (χ4n) is 1.69. The average molecular weight is 235 g/mol. The van der Waals surface area contributed by atoms with E-state index in [-0.39, 0.29) is 11.1 Å². The third-order valence-corrected chi connectivity index (χ3v) is 2.38. The van der Waals surface area contributed by atoms with Crippen LogP contribution in [0.15, 0.2) is 23.2 Å². The Morgan fingerprint density at radius 2 is 2.29 bits per heavy atom. The first-order chi connectivity index (χ1) is 8.11. The minimum Gasteiger partial charge on any atom is -0.477 e. The van der Waals surface area contributed by atoms with Gasteiger partial charge < -0.3 is 10.4 Å². The third kappa shape index (κ3) is 1.94. The van der Waals surface area contributed by atoms with Crippen molar-refractivity contribution < 1.29 is 14.8 Å². The normalized spacial score (nSPS) is 14.0. The van der Waals surface area contributed by atoms with E-state index in [2.05, 4.69) is 10.3 Å². The number of amidine groups is 1. The Labute approximate surface area is 95.9 Å². The summed E-state index contributed by atoms with van der Waals surface area (Å²) < 4.78 is 0. The van der Waals surface area contributed by atoms with Gasteiger partial charge in [-0.3, -0.25) is 15.1 Å². The van der Waals surface area contributed by atoms with Crippen molar-refractivity contribution in [2.45, 2.75) is 0 Å². The molecule has 1 aromatic carbocycles. The molecule has 0 atom stereocenters. The number of nitro groups is 1. The van der Waals surface area contributed by atoms with Gasteiger partial charge in [0.1, 0.15) is 11.4 Å². The van der Waals surface area contributed by atoms with E-state index in [1.165, 1.54) is 18.2 Å². The molecule has 0 spiro atoms. The van der Waals surface area contributed by atoms with E-state index >= 15 is 0 Å². The molecule has 0 aromatic heterocycles. The number of aliphatic imine (C=N–C) groups is 1. The van der Waals surface area contributed by atoms with Crippen LogP contribution in [-0.4, -0.2) is 34.9 Å². The number of hydrogen-bond donors (Lipinski definition) is 2. The number of carbonyl (C=O) groups is 1. The second-order valence-electron chi connectivity index (χ2n) is 3.42. The van der Waals surface area contributed by atoms with Gasteiger partial charge in [-0.2, -0.15) is 0 Å². The highest BCUT2D eigenvalue weighted by Gasteiger charge is 2.26. The van der Waals surface area contributed by atoms with Crippen LogP contribution in [0.25, 0.3) is 0 Å². The number of nitrogens with zero attached hydrogens (tertiary/aromatic N) is 2. The second-order valence-corrected chi connectivity index (χ2v) is 3.42. The maximum Gasteiger partial charge on any atom is 0.343 e. The first-order valence-corrected chi connectivity index (χ1v) is 4.90. The average Bonchev–Trinajstić information content (AvgIpc) is 2.81. The van der Waals surface area contributed by atoms with E-state index in [0.29, 0.717) is 18.9 Å². The molecule has 0 bridgehead atoms. The molecule has 0 unspecified atom stereocenters. The summed E-state index contributed by atoms with van der Waals surface area (Å²) in [4.78, 5) is 25.3. The van der Waals surface area contributed by atoms with E-state index in [4.69, 9.17) is 5.11 Å². The van der Waals surface area contributed by atoms with Crippen molar-refractivity contribution in [2.75, 3.05) is 13.1 Å². The van der Waals surface area contributed by atoms with Gasteiger partial charge in [-0.1, -0.05) is 6.07 Å². The molecule has 0 aliphatic carbocycles. The van der Waals surface area contributed by atoms with Crippen LogP contribution in [0.2, 0.25) is 0 Å². The zero-order valence-electron chi connectivity index (χ0n) is 8.71. The lowest BCUT2D eigenvalue weighted by atomic mass is 10.0. The number of aromatic carboxylic acids is 1. The molecule has 0 radical (unpaired) electrons. The largest absolute Gasteiger partial charge is 0.477 e. The molecular formula is C10H9N3O4. The molecule has 1 aromatic rings. The van der Waals surface area contributed by atoms with Crippen LogP contribution in [0.1, 0.15) is 15.9 Å². The van der Waals surface area contributed by atoms with Crippen LogP contribution in [0.4, 0.5) is 5.69 Å². The number of rotatable bonds is 3. The summed E-state index contributed by atoms with van der Waals surface area (Å²) in [6, 6.07) is 4.12. The zero-order valence-corrected chi connectivity index (χ0v) is 8.71. The van der Waals surface area contributed by atoms with Gasteiger partial charge >= 0.3 is 5.97 Å². The Bertz CT molecular complexity index is 524. The quantitative estimate of drug-likeness (QED) is 0.591. The van der Waals surface area contributed by atoms with Gasteiger partial charge in [0, 0.05) is 18.2 Å². The Morgan fingerprint density at radius 1 is 1.53 bits per heavy atom. The highest BCUT2D eigenvalue weighted by Crippen LogP contribution is 2.23. The van der Waals surface area contributed by atoms with Crippen molar-refractivity contribution in [3.63, 3.8) is 0 Å². The molecule has 2 N–H and O–H groups in total. The summed E-state index contributed by atoms with van der Waals surface area (Å²) in [6.07, 6.45) is 0. The fourth-order valence-corrected chi connectivity index (χ4v) is 1.69. The van der Waals surface area contributed by atoms with E-state index in [0.717, 1.165) is 0 Å². The summed E-state index contributed by atoms with van der Waals surface area (Å²) in [6.45, 7) is 1.15. The lowest BCUT2D eigenvalue weighted by Crippen LogP contribution is -2.22. The molecule has 1 aliphatic heterocycles. The molecule has 88 valence electrons. The summed E-state index contributed by atoms with van der Waals surface area (Å²) >= 11 is 0. The summed E-state index contributed by atoms with van der Waals surface area (Å²) in [5.74, 6) is -0.935. The summed E-state index contributed by atoms with van der Waals surface area (Å²) in [5, 5.41) is 22.7. The van der Waals surface area contributed by atoms with Crippen molar-refractivity contribution in [2.24, 2.45) is 4.99 Å². The van der Waals surface area contributed by atoms with E-state index < -0.39 is 16.6 Å². The zero-order chi connectivity index (χ0) is 12.4. The molecule has 7 nitrogen and oxygen atoms in total. The molecule has 7 heteroatoms. The maximum atomic E-state index is 11.1. The van der Waals surface area contributed by atoms with E-state index in [1.54, 1.807) is 0 Å². The van der Waals surface area contributed by atoms with Crippen molar-refractivity contribution in [1.29, 1.82) is 0 Å². The first-order valence-electron chi connectivity index (χ1n) is 4.90. The monoisotopic (exact) mass is 235 g/mol. The van der Waals surface area contributed by atoms with Crippen LogP contribution in [-0.2, 0) is 0 Å². The van der Waals surface area contributed by atoms with Gasteiger partial charge in [0.2, 0.25) is 0 Å². The van der Waals surface area contributed by atoms with Crippen LogP contribution < -0.4 is 5.32 Å². The van der Waals surface area contributed by atoms with Crippen molar-refractivity contribution in [3.8, 4) is 0 Å². The molecule has 2 rings (SSSR count). The Balaban J connectivity index is 2.62. The van der Waals surface area contributed by atoms with E-state index in [1.807, 2.05) is 0 Å². The Hall–Kier alpha value is -2.44. The predicted molar refractivity (Wildman–Crippen MR) is 59.5 cm³/mol. The molecule has 0 saturated carbocycles. The summed E-state index contributed by atoms with van der Waals surface area (Å²) in [5.41, 5.74) is -0.499. The standard InChI is InChI=1S/C10H9N3O4/c14-10(15)8-6(9-11-4-5-12-9)2-1-3-7(8)13(16)17/h1-3H,4-5H2,(H,11,12)(H,14,15). The van der Waals surface area contributed by atoms with Gasteiger partial charge in [0.05, 0.1) is 11.5 Å². The second kappa shape index (κ2) is 4.20. The molecule has 0 fully saturated rings. The van der Waals surface area contributed by atoms with Crippen LogP contribution in [0.5, 0.6) is 0 Å². The number of hydrogen-bond acceptors (Lipinski definition) is 5. The van der Waals surface area contributed by atoms with Gasteiger partial charge in [0.25, 0.3) is 5.69 Å². The lowest BCUT2D eigenvalue weighted by molar-refractivity contribution is -0.385. The fraction of sp³-hybridized carbons (Fsp3) is 0.200. The molecule has 1 aliphatic rings. The molecule has 0 amide bonds. The van der Waals surface area contributed by atoms with Crippen LogP contribution >= 0.6 is 0 Å². The van der Waals surface area contributed by atoms with Crippen LogP contribution in [0.3, 0.4) is 0 Å². The van der Waals surface area contributed by atoms with Crippen molar-refractivity contribution in [3.05, 3.63) is 39.4 Å². The summed E-state index contributed by atoms with van der Waals surface area (Å²) in [7, 11) is 0. The number of carboxylic acid groups (broad SMARTS) is 1. The molecular weight excluding hydrogens is 226 g/mol. The highest BCUT2D eigenvalue weighted by atomic mass is 16.6. The topological polar surface area (TPSA) is 105 Å². The number of nitrogens with one attached hydrogen (secondary N) is 1. The van der Waals surface area contributed by atoms with Crippen molar-refractivity contribution >= 4 is 17.5 Å². The predicted octanol–water partition coefficient (Wildman–Crippen LogP) is 0.643. The van der Waals surface area contributed by atoms with Gasteiger partial charge in [0.15, 0.2) is 0 Å². The minimum absolute atomic E-state index is 0.254. The third-order valence-electron chi connectivity index (χ3n) is 2.38. The van der Waals surface area contributed by atoms with Crippen molar-refractivity contribution in [1.82, 2.24) is 5.32 Å². The smallest absolute Gasteiger partial charge is 0.343 e. The number of nitro benzene ring substituents is 1. The molecule has 1 heterocycles.